The average Bonchev–Trinajstić information content (AvgIpc) is 2.42. The van der Waals surface area contributed by atoms with E-state index in [1.807, 2.05) is 12.3 Å². The minimum atomic E-state index is -0.972. The van der Waals surface area contributed by atoms with Gasteiger partial charge in [-0.25, -0.2) is 8.78 Å². The van der Waals surface area contributed by atoms with Crippen LogP contribution in [0.4, 0.5) is 8.78 Å². The van der Waals surface area contributed by atoms with E-state index in [4.69, 9.17) is 22.7 Å². The molecule has 0 fully saturated rings. The average molecular weight is 311 g/mol. The molecule has 0 spiro atoms. The Balaban J connectivity index is 2.42. The zero-order valence-corrected chi connectivity index (χ0v) is 12.2. The molecule has 0 bridgehead atoms. The number of thioether (sulfide) groups is 1. The van der Waals surface area contributed by atoms with Gasteiger partial charge in [0.1, 0.15) is 16.5 Å². The Morgan fingerprint density at radius 1 is 1.20 bits per heavy atom. The minimum Gasteiger partial charge on any atom is -0.456 e. The molecule has 0 aliphatic rings. The molecule has 0 aliphatic carbocycles. The maximum atomic E-state index is 13.2. The van der Waals surface area contributed by atoms with Crippen molar-refractivity contribution in [1.82, 2.24) is 0 Å². The summed E-state index contributed by atoms with van der Waals surface area (Å²) in [5.41, 5.74) is 6.29. The number of hydrogen-bond acceptors (Lipinski definition) is 3. The molecule has 2 aromatic carbocycles. The van der Waals surface area contributed by atoms with E-state index in [1.54, 1.807) is 12.1 Å². The number of thiocarbonyl (C=S) groups is 1. The predicted molar refractivity (Wildman–Crippen MR) is 80.5 cm³/mol. The molecule has 0 heterocycles. The second-order valence-corrected chi connectivity index (χ2v) is 5.16. The summed E-state index contributed by atoms with van der Waals surface area (Å²) in [4.78, 5) is 1.05. The van der Waals surface area contributed by atoms with Gasteiger partial charge in [-0.2, -0.15) is 0 Å². The van der Waals surface area contributed by atoms with Gasteiger partial charge in [-0.1, -0.05) is 18.3 Å². The maximum Gasteiger partial charge on any atom is 0.162 e. The van der Waals surface area contributed by atoms with Gasteiger partial charge in [0.15, 0.2) is 11.6 Å². The van der Waals surface area contributed by atoms with Crippen molar-refractivity contribution in [2.75, 3.05) is 6.26 Å². The van der Waals surface area contributed by atoms with Crippen LogP contribution >= 0.6 is 24.0 Å². The Morgan fingerprint density at radius 2 is 1.95 bits per heavy atom. The first-order valence-electron chi connectivity index (χ1n) is 5.62. The molecule has 2 N–H and O–H groups in total. The van der Waals surface area contributed by atoms with Crippen LogP contribution in [-0.4, -0.2) is 11.2 Å². The molecule has 0 aromatic heterocycles. The quantitative estimate of drug-likeness (QED) is 0.681. The van der Waals surface area contributed by atoms with Gasteiger partial charge >= 0.3 is 0 Å². The van der Waals surface area contributed by atoms with Crippen LogP contribution < -0.4 is 10.5 Å². The van der Waals surface area contributed by atoms with Crippen LogP contribution in [0.15, 0.2) is 41.3 Å². The number of nitrogens with two attached hydrogens (primary N) is 1. The molecule has 0 radical (unpaired) electrons. The molecule has 0 amide bonds. The zero-order chi connectivity index (χ0) is 14.7. The van der Waals surface area contributed by atoms with Crippen LogP contribution in [0.5, 0.6) is 11.5 Å². The van der Waals surface area contributed by atoms with Gasteiger partial charge in [0.05, 0.1) is 5.56 Å². The smallest absolute Gasteiger partial charge is 0.162 e. The maximum absolute atomic E-state index is 13.2. The fourth-order valence-corrected chi connectivity index (χ4v) is 2.58. The standard InChI is InChI=1S/C14H11F2NOS2/c1-20-12-4-2-3-11(13(12)14(17)19)18-8-5-6-9(15)10(16)7-8/h2-7H,1H3,(H2,17,19). The van der Waals surface area contributed by atoms with Crippen LogP contribution in [0.25, 0.3) is 0 Å². The minimum absolute atomic E-state index is 0.180. The molecule has 104 valence electrons. The Hall–Kier alpha value is -1.66. The number of hydrogen-bond donors (Lipinski definition) is 1. The Morgan fingerprint density at radius 3 is 2.55 bits per heavy atom. The van der Waals surface area contributed by atoms with Gasteiger partial charge in [-0.15, -0.1) is 11.8 Å². The van der Waals surface area contributed by atoms with Crippen LogP contribution in [-0.2, 0) is 0 Å². The first-order valence-corrected chi connectivity index (χ1v) is 7.26. The Labute approximate surface area is 124 Å². The summed E-state index contributed by atoms with van der Waals surface area (Å²) in [6.07, 6.45) is 1.89. The predicted octanol–water partition coefficient (Wildman–Crippen LogP) is 4.11. The van der Waals surface area contributed by atoms with Gasteiger partial charge in [-0.3, -0.25) is 0 Å². The van der Waals surface area contributed by atoms with Crippen molar-refractivity contribution in [1.29, 1.82) is 0 Å². The van der Waals surface area contributed by atoms with Crippen molar-refractivity contribution in [3.8, 4) is 11.5 Å². The lowest BCUT2D eigenvalue weighted by molar-refractivity contribution is 0.460. The molecule has 2 nitrogen and oxygen atoms in total. The number of ether oxygens (including phenoxy) is 1. The third kappa shape index (κ3) is 3.08. The van der Waals surface area contributed by atoms with E-state index >= 15 is 0 Å². The fraction of sp³-hybridized carbons (Fsp3) is 0.0714. The van der Waals surface area contributed by atoms with Crippen molar-refractivity contribution in [2.24, 2.45) is 5.73 Å². The van der Waals surface area contributed by atoms with Crippen molar-refractivity contribution in [3.05, 3.63) is 53.6 Å². The van der Waals surface area contributed by atoms with Gasteiger partial charge in [0, 0.05) is 11.0 Å². The van der Waals surface area contributed by atoms with E-state index in [0.717, 1.165) is 17.0 Å². The second-order valence-electron chi connectivity index (χ2n) is 3.88. The summed E-state index contributed by atoms with van der Waals surface area (Å²) >= 11 is 6.49. The van der Waals surface area contributed by atoms with E-state index in [1.165, 1.54) is 17.8 Å². The van der Waals surface area contributed by atoms with Gasteiger partial charge in [0.2, 0.25) is 0 Å². The summed E-state index contributed by atoms with van der Waals surface area (Å²) in [6, 6.07) is 8.64. The molecule has 0 saturated carbocycles. The highest BCUT2D eigenvalue weighted by molar-refractivity contribution is 7.98. The van der Waals surface area contributed by atoms with Gasteiger partial charge in [0.25, 0.3) is 0 Å². The highest BCUT2D eigenvalue weighted by atomic mass is 32.2. The third-order valence-corrected chi connectivity index (χ3v) is 3.56. The van der Waals surface area contributed by atoms with E-state index in [2.05, 4.69) is 0 Å². The van der Waals surface area contributed by atoms with E-state index < -0.39 is 11.6 Å². The Bertz CT molecular complexity index is 662. The number of rotatable bonds is 4. The van der Waals surface area contributed by atoms with Crippen LogP contribution in [0, 0.1) is 11.6 Å². The van der Waals surface area contributed by atoms with E-state index in [9.17, 15) is 8.78 Å². The highest BCUT2D eigenvalue weighted by Gasteiger charge is 2.13. The normalized spacial score (nSPS) is 10.3. The Kier molecular flexibility index (Phi) is 4.57. The molecular weight excluding hydrogens is 300 g/mol. The number of benzene rings is 2. The first kappa shape index (κ1) is 14.7. The number of halogens is 2. The lowest BCUT2D eigenvalue weighted by Crippen LogP contribution is -2.12. The molecule has 0 aliphatic heterocycles. The third-order valence-electron chi connectivity index (χ3n) is 2.57. The topological polar surface area (TPSA) is 35.2 Å². The van der Waals surface area contributed by atoms with Crippen LogP contribution in [0.3, 0.4) is 0 Å². The van der Waals surface area contributed by atoms with Gasteiger partial charge in [-0.05, 0) is 30.5 Å². The highest BCUT2D eigenvalue weighted by Crippen LogP contribution is 2.32. The SMILES string of the molecule is CSc1cccc(Oc2ccc(F)c(F)c2)c1C(N)=S. The summed E-state index contributed by atoms with van der Waals surface area (Å²) < 4.78 is 31.6. The van der Waals surface area contributed by atoms with Crippen molar-refractivity contribution >= 4 is 29.0 Å². The molecule has 6 heteroatoms. The van der Waals surface area contributed by atoms with Crippen molar-refractivity contribution in [2.45, 2.75) is 4.90 Å². The first-order chi connectivity index (χ1) is 9.52. The zero-order valence-electron chi connectivity index (χ0n) is 10.5. The largest absolute Gasteiger partial charge is 0.456 e. The molecular formula is C14H11F2NOS2. The van der Waals surface area contributed by atoms with Crippen LogP contribution in [0.1, 0.15) is 5.56 Å². The van der Waals surface area contributed by atoms with Crippen molar-refractivity contribution in [3.63, 3.8) is 0 Å². The molecule has 0 unspecified atom stereocenters. The van der Waals surface area contributed by atoms with Crippen LogP contribution in [0.2, 0.25) is 0 Å². The summed E-state index contributed by atoms with van der Waals surface area (Å²) in [5, 5.41) is 0. The lowest BCUT2D eigenvalue weighted by atomic mass is 10.2. The fourth-order valence-electron chi connectivity index (χ4n) is 1.68. The summed E-state index contributed by atoms with van der Waals surface area (Å²) in [6.45, 7) is 0. The van der Waals surface area contributed by atoms with Gasteiger partial charge < -0.3 is 10.5 Å². The molecule has 20 heavy (non-hydrogen) atoms. The monoisotopic (exact) mass is 311 g/mol. The lowest BCUT2D eigenvalue weighted by Gasteiger charge is -2.13. The van der Waals surface area contributed by atoms with E-state index in [0.29, 0.717) is 11.3 Å². The molecule has 0 atom stereocenters. The van der Waals surface area contributed by atoms with E-state index in [-0.39, 0.29) is 10.7 Å². The van der Waals surface area contributed by atoms with Crippen molar-refractivity contribution < 1.29 is 13.5 Å². The summed E-state index contributed by atoms with van der Waals surface area (Å²) in [7, 11) is 0. The molecule has 2 aromatic rings. The molecule has 0 saturated heterocycles. The second kappa shape index (κ2) is 6.19. The molecule has 2 rings (SSSR count). The summed E-state index contributed by atoms with van der Waals surface area (Å²) in [5.74, 6) is -1.31.